The number of nitrogens with zero attached hydrogens (tertiary/aromatic N) is 2. The van der Waals surface area contributed by atoms with Crippen LogP contribution in [-0.4, -0.2) is 36.7 Å². The number of methoxy groups -OCH3 is 1. The number of aromatic nitrogens is 2. The van der Waals surface area contributed by atoms with Gasteiger partial charge < -0.3 is 10.1 Å². The van der Waals surface area contributed by atoms with Gasteiger partial charge in [-0.1, -0.05) is 50.8 Å². The molecular formula is C13H16BrN3OS3. The third-order valence-electron chi connectivity index (χ3n) is 2.58. The average molecular weight is 406 g/mol. The van der Waals surface area contributed by atoms with Crippen LogP contribution in [0.15, 0.2) is 36.2 Å². The number of ether oxygens (including phenoxy) is 1. The lowest BCUT2D eigenvalue weighted by Crippen LogP contribution is -2.18. The fourth-order valence-corrected chi connectivity index (χ4v) is 4.51. The SMILES string of the molecule is COCCNCc1cc(Br)ccc1Sc1nnc(SC)s1. The number of hydrogen-bond acceptors (Lipinski definition) is 7. The number of rotatable bonds is 8. The van der Waals surface area contributed by atoms with Crippen LogP contribution < -0.4 is 5.32 Å². The van der Waals surface area contributed by atoms with Gasteiger partial charge in [-0.3, -0.25) is 0 Å². The molecule has 0 saturated heterocycles. The molecule has 0 spiro atoms. The molecule has 0 bridgehead atoms. The predicted octanol–water partition coefficient (Wildman–Crippen LogP) is 3.91. The summed E-state index contributed by atoms with van der Waals surface area (Å²) >= 11 is 8.44. The summed E-state index contributed by atoms with van der Waals surface area (Å²) in [5.41, 5.74) is 1.24. The van der Waals surface area contributed by atoms with Gasteiger partial charge in [0.15, 0.2) is 8.68 Å². The summed E-state index contributed by atoms with van der Waals surface area (Å²) in [5, 5.41) is 11.7. The second-order valence-corrected chi connectivity index (χ2v) is 8.30. The van der Waals surface area contributed by atoms with E-state index in [9.17, 15) is 0 Å². The maximum Gasteiger partial charge on any atom is 0.179 e. The zero-order valence-corrected chi connectivity index (χ0v) is 15.8. The predicted molar refractivity (Wildman–Crippen MR) is 93.5 cm³/mol. The van der Waals surface area contributed by atoms with Gasteiger partial charge in [0.05, 0.1) is 6.61 Å². The van der Waals surface area contributed by atoms with E-state index in [2.05, 4.69) is 49.6 Å². The number of nitrogens with one attached hydrogen (secondary N) is 1. The molecule has 8 heteroatoms. The molecule has 114 valence electrons. The topological polar surface area (TPSA) is 47.0 Å². The summed E-state index contributed by atoms with van der Waals surface area (Å²) in [6.07, 6.45) is 2.01. The van der Waals surface area contributed by atoms with Gasteiger partial charge in [0.25, 0.3) is 0 Å². The molecule has 0 saturated carbocycles. The molecule has 0 amide bonds. The summed E-state index contributed by atoms with van der Waals surface area (Å²) in [6.45, 7) is 2.35. The highest BCUT2D eigenvalue weighted by atomic mass is 79.9. The third kappa shape index (κ3) is 5.54. The van der Waals surface area contributed by atoms with Crippen LogP contribution >= 0.6 is 50.8 Å². The fraction of sp³-hybridized carbons (Fsp3) is 0.385. The fourth-order valence-electron chi connectivity index (χ4n) is 1.60. The van der Waals surface area contributed by atoms with Crippen LogP contribution in [0, 0.1) is 0 Å². The van der Waals surface area contributed by atoms with Gasteiger partial charge in [-0.05, 0) is 30.0 Å². The van der Waals surface area contributed by atoms with E-state index < -0.39 is 0 Å². The largest absolute Gasteiger partial charge is 0.383 e. The molecule has 1 N–H and O–H groups in total. The Morgan fingerprint density at radius 2 is 2.14 bits per heavy atom. The number of thioether (sulfide) groups is 1. The lowest BCUT2D eigenvalue weighted by Gasteiger charge is -2.09. The van der Waals surface area contributed by atoms with Gasteiger partial charge in [-0.25, -0.2) is 0 Å². The Morgan fingerprint density at radius 1 is 1.33 bits per heavy atom. The molecule has 1 aromatic carbocycles. The van der Waals surface area contributed by atoms with Crippen molar-refractivity contribution in [3.8, 4) is 0 Å². The van der Waals surface area contributed by atoms with E-state index in [1.165, 1.54) is 10.5 Å². The lowest BCUT2D eigenvalue weighted by atomic mass is 10.2. The van der Waals surface area contributed by atoms with Crippen molar-refractivity contribution in [2.45, 2.75) is 20.1 Å². The van der Waals surface area contributed by atoms with Crippen molar-refractivity contribution in [3.63, 3.8) is 0 Å². The maximum absolute atomic E-state index is 5.05. The van der Waals surface area contributed by atoms with E-state index in [0.29, 0.717) is 6.61 Å². The smallest absolute Gasteiger partial charge is 0.179 e. The summed E-state index contributed by atoms with van der Waals surface area (Å²) < 4.78 is 8.10. The normalized spacial score (nSPS) is 11.0. The zero-order chi connectivity index (χ0) is 15.1. The minimum atomic E-state index is 0.712. The summed E-state index contributed by atoms with van der Waals surface area (Å²) in [7, 11) is 1.71. The summed E-state index contributed by atoms with van der Waals surface area (Å²) in [4.78, 5) is 1.20. The molecule has 2 rings (SSSR count). The Hall–Kier alpha value is -0.120. The molecule has 0 aliphatic carbocycles. The molecule has 0 aliphatic rings. The number of hydrogen-bond donors (Lipinski definition) is 1. The zero-order valence-electron chi connectivity index (χ0n) is 11.8. The second-order valence-electron chi connectivity index (χ2n) is 4.06. The van der Waals surface area contributed by atoms with E-state index >= 15 is 0 Å². The monoisotopic (exact) mass is 405 g/mol. The molecule has 1 aromatic heterocycles. The Kier molecular flexibility index (Phi) is 7.48. The van der Waals surface area contributed by atoms with E-state index in [-0.39, 0.29) is 0 Å². The maximum atomic E-state index is 5.05. The minimum absolute atomic E-state index is 0.712. The molecule has 0 radical (unpaired) electrons. The van der Waals surface area contributed by atoms with Crippen LogP contribution in [0.4, 0.5) is 0 Å². The van der Waals surface area contributed by atoms with Crippen molar-refractivity contribution in [1.82, 2.24) is 15.5 Å². The third-order valence-corrected chi connectivity index (χ3v) is 6.14. The van der Waals surface area contributed by atoms with Crippen LogP contribution in [0.5, 0.6) is 0 Å². The first-order valence-electron chi connectivity index (χ1n) is 6.26. The van der Waals surface area contributed by atoms with Gasteiger partial charge in [-0.2, -0.15) is 0 Å². The number of halogens is 1. The quantitative estimate of drug-likeness (QED) is 0.530. The van der Waals surface area contributed by atoms with Crippen LogP contribution in [0.1, 0.15) is 5.56 Å². The van der Waals surface area contributed by atoms with Crippen molar-refractivity contribution >= 4 is 50.8 Å². The summed E-state index contributed by atoms with van der Waals surface area (Å²) in [5.74, 6) is 0. The average Bonchev–Trinajstić information content (AvgIpc) is 2.94. The van der Waals surface area contributed by atoms with E-state index in [4.69, 9.17) is 4.74 Å². The lowest BCUT2D eigenvalue weighted by molar-refractivity contribution is 0.199. The Balaban J connectivity index is 2.06. The molecule has 0 fully saturated rings. The van der Waals surface area contributed by atoms with Gasteiger partial charge in [0, 0.05) is 29.6 Å². The van der Waals surface area contributed by atoms with E-state index in [0.717, 1.165) is 26.2 Å². The van der Waals surface area contributed by atoms with Crippen molar-refractivity contribution in [1.29, 1.82) is 0 Å². The molecule has 4 nitrogen and oxygen atoms in total. The Morgan fingerprint density at radius 3 is 2.86 bits per heavy atom. The highest BCUT2D eigenvalue weighted by Crippen LogP contribution is 2.35. The van der Waals surface area contributed by atoms with Crippen molar-refractivity contribution in [2.75, 3.05) is 26.5 Å². The first-order chi connectivity index (χ1) is 10.2. The molecule has 21 heavy (non-hydrogen) atoms. The van der Waals surface area contributed by atoms with E-state index in [1.54, 1.807) is 42.0 Å². The Bertz CT molecular complexity index is 580. The molecular weight excluding hydrogens is 390 g/mol. The standard InChI is InChI=1S/C13H16BrN3OS3/c1-18-6-5-15-8-9-7-10(14)3-4-11(9)20-13-17-16-12(19-2)21-13/h3-4,7,15H,5-6,8H2,1-2H3. The van der Waals surface area contributed by atoms with Gasteiger partial charge in [-0.15, -0.1) is 10.2 Å². The molecule has 0 atom stereocenters. The molecule has 0 aliphatic heterocycles. The second kappa shape index (κ2) is 9.12. The summed E-state index contributed by atoms with van der Waals surface area (Å²) in [6, 6.07) is 6.30. The minimum Gasteiger partial charge on any atom is -0.383 e. The highest BCUT2D eigenvalue weighted by molar-refractivity contribution is 9.10. The highest BCUT2D eigenvalue weighted by Gasteiger charge is 2.09. The first-order valence-corrected chi connectivity index (χ1v) is 9.91. The number of benzene rings is 1. The van der Waals surface area contributed by atoms with E-state index in [1.807, 2.05) is 6.26 Å². The van der Waals surface area contributed by atoms with Crippen molar-refractivity contribution in [3.05, 3.63) is 28.2 Å². The van der Waals surface area contributed by atoms with Crippen LogP contribution in [-0.2, 0) is 11.3 Å². The van der Waals surface area contributed by atoms with Gasteiger partial charge in [0.2, 0.25) is 0 Å². The van der Waals surface area contributed by atoms with Gasteiger partial charge in [0.1, 0.15) is 0 Å². The van der Waals surface area contributed by atoms with Gasteiger partial charge >= 0.3 is 0 Å². The molecule has 1 heterocycles. The first kappa shape index (κ1) is 17.2. The van der Waals surface area contributed by atoms with Crippen LogP contribution in [0.25, 0.3) is 0 Å². The van der Waals surface area contributed by atoms with Crippen molar-refractivity contribution < 1.29 is 4.74 Å². The molecule has 2 aromatic rings. The Labute approximate surface area is 145 Å². The van der Waals surface area contributed by atoms with Crippen LogP contribution in [0.2, 0.25) is 0 Å². The van der Waals surface area contributed by atoms with Crippen molar-refractivity contribution in [2.24, 2.45) is 0 Å². The van der Waals surface area contributed by atoms with Crippen LogP contribution in [0.3, 0.4) is 0 Å². The molecule has 0 unspecified atom stereocenters.